The van der Waals surface area contributed by atoms with Crippen LogP contribution in [0.3, 0.4) is 0 Å². The van der Waals surface area contributed by atoms with Crippen LogP contribution in [0.25, 0.3) is 10.6 Å². The molecule has 0 aliphatic heterocycles. The number of H-pyrrole nitrogens is 1. The Hall–Kier alpha value is -1.43. The lowest BCUT2D eigenvalue weighted by molar-refractivity contribution is 0.700. The van der Waals surface area contributed by atoms with Crippen molar-refractivity contribution >= 4 is 22.7 Å². The Balaban J connectivity index is 1.65. The van der Waals surface area contributed by atoms with E-state index in [-0.39, 0.29) is 0 Å². The van der Waals surface area contributed by atoms with Gasteiger partial charge in [-0.1, -0.05) is 6.07 Å². The van der Waals surface area contributed by atoms with E-state index in [1.54, 1.807) is 22.7 Å². The van der Waals surface area contributed by atoms with E-state index in [2.05, 4.69) is 51.4 Å². The summed E-state index contributed by atoms with van der Waals surface area (Å²) in [6.45, 7) is 3.90. The fourth-order valence-electron chi connectivity index (χ4n) is 1.98. The Morgan fingerprint density at radius 2 is 2.16 bits per heavy atom. The first-order chi connectivity index (χ1) is 9.34. The zero-order valence-corrected chi connectivity index (χ0v) is 12.3. The van der Waals surface area contributed by atoms with Crippen molar-refractivity contribution in [2.75, 3.05) is 0 Å². The smallest absolute Gasteiger partial charge is 0.0794 e. The zero-order chi connectivity index (χ0) is 13.1. The molecule has 3 nitrogen and oxygen atoms in total. The Morgan fingerprint density at radius 3 is 2.89 bits per heavy atom. The van der Waals surface area contributed by atoms with E-state index in [0.717, 1.165) is 18.8 Å². The fraction of sp³-hybridized carbons (Fsp3) is 0.214. The number of aromatic amines is 1. The van der Waals surface area contributed by atoms with Crippen LogP contribution in [0.2, 0.25) is 0 Å². The number of hydrogen-bond donors (Lipinski definition) is 2. The predicted octanol–water partition coefficient (Wildman–Crippen LogP) is 3.80. The molecular formula is C14H15N3S2. The monoisotopic (exact) mass is 289 g/mol. The van der Waals surface area contributed by atoms with Crippen LogP contribution in [0, 0.1) is 6.92 Å². The Kier molecular flexibility index (Phi) is 3.77. The SMILES string of the molecule is Cc1ccsc1CNCc1cn[nH]c1-c1cccs1. The van der Waals surface area contributed by atoms with E-state index < -0.39 is 0 Å². The summed E-state index contributed by atoms with van der Waals surface area (Å²) >= 11 is 3.54. The predicted molar refractivity (Wildman–Crippen MR) is 81.5 cm³/mol. The minimum Gasteiger partial charge on any atom is -0.308 e. The molecule has 3 heterocycles. The van der Waals surface area contributed by atoms with Crippen LogP contribution in [0.1, 0.15) is 16.0 Å². The van der Waals surface area contributed by atoms with Gasteiger partial charge in [-0.25, -0.2) is 0 Å². The summed E-state index contributed by atoms with van der Waals surface area (Å²) in [4.78, 5) is 2.64. The molecule has 0 spiro atoms. The second-order valence-corrected chi connectivity index (χ2v) is 6.33. The molecule has 0 atom stereocenters. The van der Waals surface area contributed by atoms with Gasteiger partial charge in [-0.05, 0) is 35.4 Å². The Labute approximate surface area is 120 Å². The Morgan fingerprint density at radius 1 is 1.21 bits per heavy atom. The molecule has 2 N–H and O–H groups in total. The lowest BCUT2D eigenvalue weighted by Crippen LogP contribution is -2.12. The largest absolute Gasteiger partial charge is 0.308 e. The highest BCUT2D eigenvalue weighted by atomic mass is 32.1. The van der Waals surface area contributed by atoms with Gasteiger partial charge in [0.15, 0.2) is 0 Å². The van der Waals surface area contributed by atoms with Crippen LogP contribution in [-0.4, -0.2) is 10.2 Å². The van der Waals surface area contributed by atoms with Gasteiger partial charge in [0.25, 0.3) is 0 Å². The van der Waals surface area contributed by atoms with Crippen molar-refractivity contribution in [3.63, 3.8) is 0 Å². The van der Waals surface area contributed by atoms with E-state index in [1.165, 1.54) is 20.9 Å². The van der Waals surface area contributed by atoms with Crippen LogP contribution in [-0.2, 0) is 13.1 Å². The minimum absolute atomic E-state index is 0.834. The quantitative estimate of drug-likeness (QED) is 0.750. The molecule has 0 saturated heterocycles. The van der Waals surface area contributed by atoms with Crippen molar-refractivity contribution < 1.29 is 0 Å². The summed E-state index contributed by atoms with van der Waals surface area (Å²) in [6, 6.07) is 6.34. The maximum absolute atomic E-state index is 4.16. The first-order valence-electron chi connectivity index (χ1n) is 6.14. The zero-order valence-electron chi connectivity index (χ0n) is 10.6. The van der Waals surface area contributed by atoms with Gasteiger partial charge in [0.2, 0.25) is 0 Å². The third-order valence-electron chi connectivity index (χ3n) is 3.05. The van der Waals surface area contributed by atoms with Gasteiger partial charge >= 0.3 is 0 Å². The van der Waals surface area contributed by atoms with Crippen LogP contribution in [0.15, 0.2) is 35.2 Å². The molecule has 0 aromatic carbocycles. The van der Waals surface area contributed by atoms with Gasteiger partial charge in [0, 0.05) is 23.5 Å². The number of aromatic nitrogens is 2. The average molecular weight is 289 g/mol. The number of nitrogens with zero attached hydrogens (tertiary/aromatic N) is 1. The van der Waals surface area contributed by atoms with E-state index in [0.29, 0.717) is 0 Å². The summed E-state index contributed by atoms with van der Waals surface area (Å²) < 4.78 is 0. The molecule has 0 aliphatic carbocycles. The van der Waals surface area contributed by atoms with Gasteiger partial charge in [-0.3, -0.25) is 5.10 Å². The summed E-state index contributed by atoms with van der Waals surface area (Å²) in [5.74, 6) is 0. The van der Waals surface area contributed by atoms with Gasteiger partial charge in [0.05, 0.1) is 16.8 Å². The second kappa shape index (κ2) is 5.69. The maximum atomic E-state index is 4.16. The van der Waals surface area contributed by atoms with Crippen LogP contribution >= 0.6 is 22.7 Å². The van der Waals surface area contributed by atoms with Gasteiger partial charge in [-0.2, -0.15) is 5.10 Å². The lowest BCUT2D eigenvalue weighted by atomic mass is 10.2. The van der Waals surface area contributed by atoms with Crippen molar-refractivity contribution in [2.24, 2.45) is 0 Å². The number of thiophene rings is 2. The molecule has 3 rings (SSSR count). The molecule has 19 heavy (non-hydrogen) atoms. The maximum Gasteiger partial charge on any atom is 0.0794 e. The molecular weight excluding hydrogens is 274 g/mol. The minimum atomic E-state index is 0.834. The highest BCUT2D eigenvalue weighted by molar-refractivity contribution is 7.13. The number of hydrogen-bond acceptors (Lipinski definition) is 4. The van der Waals surface area contributed by atoms with E-state index >= 15 is 0 Å². The molecule has 0 radical (unpaired) electrons. The van der Waals surface area contributed by atoms with E-state index in [1.807, 2.05) is 6.20 Å². The van der Waals surface area contributed by atoms with Crippen molar-refractivity contribution in [1.82, 2.24) is 15.5 Å². The number of aryl methyl sites for hydroxylation is 1. The van der Waals surface area contributed by atoms with Crippen molar-refractivity contribution in [3.8, 4) is 10.6 Å². The van der Waals surface area contributed by atoms with Crippen molar-refractivity contribution in [3.05, 3.63) is 51.2 Å². The third kappa shape index (κ3) is 2.78. The normalized spacial score (nSPS) is 11.0. The summed E-state index contributed by atoms with van der Waals surface area (Å²) in [5.41, 5.74) is 3.71. The summed E-state index contributed by atoms with van der Waals surface area (Å²) in [6.07, 6.45) is 1.91. The van der Waals surface area contributed by atoms with Crippen LogP contribution < -0.4 is 5.32 Å². The van der Waals surface area contributed by atoms with Crippen LogP contribution in [0.4, 0.5) is 0 Å². The standard InChI is InChI=1S/C14H15N3S2/c1-10-4-6-19-13(10)9-15-7-11-8-16-17-14(11)12-3-2-5-18-12/h2-6,8,15H,7,9H2,1H3,(H,16,17). The molecule has 0 aliphatic rings. The highest BCUT2D eigenvalue weighted by Gasteiger charge is 2.08. The fourth-order valence-corrected chi connectivity index (χ4v) is 3.61. The molecule has 3 aromatic heterocycles. The number of nitrogens with one attached hydrogen (secondary N) is 2. The highest BCUT2D eigenvalue weighted by Crippen LogP contribution is 2.25. The molecule has 5 heteroatoms. The molecule has 0 amide bonds. The molecule has 0 fully saturated rings. The molecule has 0 unspecified atom stereocenters. The Bertz CT molecular complexity index is 637. The van der Waals surface area contributed by atoms with Crippen LogP contribution in [0.5, 0.6) is 0 Å². The second-order valence-electron chi connectivity index (χ2n) is 4.38. The molecule has 3 aromatic rings. The third-order valence-corrected chi connectivity index (χ3v) is 4.96. The van der Waals surface area contributed by atoms with E-state index in [9.17, 15) is 0 Å². The summed E-state index contributed by atoms with van der Waals surface area (Å²) in [5, 5.41) is 15.0. The van der Waals surface area contributed by atoms with Gasteiger partial charge in [0.1, 0.15) is 0 Å². The summed E-state index contributed by atoms with van der Waals surface area (Å²) in [7, 11) is 0. The topological polar surface area (TPSA) is 40.7 Å². The average Bonchev–Trinajstić information content (AvgIpc) is 3.11. The lowest BCUT2D eigenvalue weighted by Gasteiger charge is -2.04. The molecule has 98 valence electrons. The first-order valence-corrected chi connectivity index (χ1v) is 7.90. The van der Waals surface area contributed by atoms with Crippen molar-refractivity contribution in [1.29, 1.82) is 0 Å². The van der Waals surface area contributed by atoms with Crippen molar-refractivity contribution in [2.45, 2.75) is 20.0 Å². The van der Waals surface area contributed by atoms with E-state index in [4.69, 9.17) is 0 Å². The first kappa shape index (κ1) is 12.6. The number of rotatable bonds is 5. The van der Waals surface area contributed by atoms with Gasteiger partial charge < -0.3 is 5.32 Å². The van der Waals surface area contributed by atoms with Gasteiger partial charge in [-0.15, -0.1) is 22.7 Å². The molecule has 0 saturated carbocycles. The molecule has 0 bridgehead atoms.